The van der Waals surface area contributed by atoms with Crippen LogP contribution in [0.15, 0.2) is 58.4 Å². The van der Waals surface area contributed by atoms with Gasteiger partial charge in [0.25, 0.3) is 0 Å². The summed E-state index contributed by atoms with van der Waals surface area (Å²) in [6.07, 6.45) is 6.08. The number of nitrogens with one attached hydrogen (secondary N) is 2. The van der Waals surface area contributed by atoms with E-state index in [-0.39, 0.29) is 10.8 Å². The number of Topliss-reactive ketones (excluding diaryl/α,β-unsaturated/α-hetero) is 1. The Hall–Kier alpha value is -0.971. The van der Waals surface area contributed by atoms with Crippen molar-refractivity contribution in [3.8, 4) is 0 Å². The molecule has 1 aromatic heterocycles. The second-order valence-electron chi connectivity index (χ2n) is 3.43. The van der Waals surface area contributed by atoms with Crippen molar-refractivity contribution in [2.75, 3.05) is 5.43 Å². The number of nitrogens with zero attached hydrogens (tertiary/aromatic N) is 1. The third-order valence-electron chi connectivity index (χ3n) is 2.13. The Labute approximate surface area is 138 Å². The quantitative estimate of drug-likeness (QED) is 0.479. The van der Waals surface area contributed by atoms with E-state index in [1.54, 1.807) is 18.3 Å². The molecule has 1 aliphatic carbocycles. The van der Waals surface area contributed by atoms with Crippen molar-refractivity contribution >= 4 is 44.9 Å². The minimum absolute atomic E-state index is 0.0911. The van der Waals surface area contributed by atoms with Crippen LogP contribution in [-0.2, 0) is 19.9 Å². The summed E-state index contributed by atoms with van der Waals surface area (Å²) >= 11 is 15.2. The summed E-state index contributed by atoms with van der Waals surface area (Å²) in [6, 6.07) is 5.43. The summed E-state index contributed by atoms with van der Waals surface area (Å²) in [5, 5.41) is 0.499. The van der Waals surface area contributed by atoms with Crippen LogP contribution in [0.2, 0.25) is 0 Å². The molecule has 2 N–H and O–H groups in total. The van der Waals surface area contributed by atoms with Crippen LogP contribution in [-0.4, -0.2) is 10.8 Å². The summed E-state index contributed by atoms with van der Waals surface area (Å²) in [7, 11) is 4.20. The Balaban J connectivity index is 0.000000956. The summed E-state index contributed by atoms with van der Waals surface area (Å²) in [5.74, 6) is 0.353. The Bertz CT molecular complexity index is 558. The SMILES string of the molecule is O=C1C(Cl)=CC(Cl)=C/C1=C/NNc1ccccn1.[Cl][Cu]. The molecule has 4 nitrogen and oxygen atoms in total. The molecule has 0 saturated carbocycles. The second-order valence-corrected chi connectivity index (χ2v) is 4.28. The predicted molar refractivity (Wildman–Crippen MR) is 77.8 cm³/mol. The standard InChI is InChI=1S/C12H9Cl2N3O.ClH.Cu/c13-9-5-8(12(18)10(14)6-9)7-16-17-11-3-1-2-4-15-11;;/h1-7,16H,(H,15,17);1H;/q;;+1/p-1/b8-7-;;. The van der Waals surface area contributed by atoms with Crippen LogP contribution in [0.4, 0.5) is 5.82 Å². The number of carbonyl (C=O) groups excluding carboxylic acids is 1. The molecule has 0 aromatic carbocycles. The Morgan fingerprint density at radius 3 is 2.60 bits per heavy atom. The number of allylic oxidation sites excluding steroid dienone is 5. The van der Waals surface area contributed by atoms with E-state index in [9.17, 15) is 4.79 Å². The van der Waals surface area contributed by atoms with Gasteiger partial charge in [0.15, 0.2) is 0 Å². The molecular weight excluding hydrogens is 372 g/mol. The molecule has 0 unspecified atom stereocenters. The summed E-state index contributed by atoms with van der Waals surface area (Å²) < 4.78 is 0. The molecule has 0 amide bonds. The zero-order valence-corrected chi connectivity index (χ0v) is 13.0. The van der Waals surface area contributed by atoms with Gasteiger partial charge in [-0.3, -0.25) is 10.2 Å². The van der Waals surface area contributed by atoms with Crippen LogP contribution in [0.3, 0.4) is 0 Å². The fraction of sp³-hybridized carbons (Fsp3) is 0. The number of carbonyl (C=O) groups is 1. The summed E-state index contributed by atoms with van der Waals surface area (Å²) in [5.41, 5.74) is 5.95. The van der Waals surface area contributed by atoms with E-state index < -0.39 is 0 Å². The van der Waals surface area contributed by atoms with Crippen LogP contribution < -0.4 is 10.9 Å². The van der Waals surface area contributed by atoms with Gasteiger partial charge >= 0.3 is 25.2 Å². The van der Waals surface area contributed by atoms with Gasteiger partial charge in [-0.25, -0.2) is 4.98 Å². The van der Waals surface area contributed by atoms with Gasteiger partial charge in [-0.1, -0.05) is 29.3 Å². The predicted octanol–water partition coefficient (Wildman–Crippen LogP) is 3.40. The van der Waals surface area contributed by atoms with E-state index in [0.29, 0.717) is 16.4 Å². The Morgan fingerprint density at radius 2 is 1.95 bits per heavy atom. The number of anilines is 1. The summed E-state index contributed by atoms with van der Waals surface area (Å²) in [6.45, 7) is 0. The number of hydrogen-bond acceptors (Lipinski definition) is 4. The van der Waals surface area contributed by atoms with Crippen LogP contribution >= 0.6 is 33.3 Å². The molecule has 0 saturated heterocycles. The fourth-order valence-corrected chi connectivity index (χ4v) is 1.82. The van der Waals surface area contributed by atoms with Crippen LogP contribution in [0.25, 0.3) is 0 Å². The zero-order valence-electron chi connectivity index (χ0n) is 9.83. The first-order valence-electron chi connectivity index (χ1n) is 5.20. The van der Waals surface area contributed by atoms with Gasteiger partial charge < -0.3 is 5.43 Å². The minimum atomic E-state index is -0.281. The molecular formula is C12H9Cl3CuN3O. The first-order valence-corrected chi connectivity index (χ1v) is 7.25. The monoisotopic (exact) mass is 379 g/mol. The average Bonchev–Trinajstić information content (AvgIpc) is 2.47. The molecule has 0 bridgehead atoms. The molecule has 2 rings (SSSR count). The molecule has 0 spiro atoms. The van der Waals surface area contributed by atoms with Crippen molar-refractivity contribution in [1.29, 1.82) is 0 Å². The first-order chi connectivity index (χ1) is 9.66. The Kier molecular flexibility index (Phi) is 7.73. The van der Waals surface area contributed by atoms with Gasteiger partial charge in [0.05, 0.1) is 5.03 Å². The van der Waals surface area contributed by atoms with Crippen LogP contribution in [0.5, 0.6) is 0 Å². The molecule has 0 radical (unpaired) electrons. The van der Waals surface area contributed by atoms with E-state index in [1.807, 2.05) is 6.07 Å². The van der Waals surface area contributed by atoms with Gasteiger partial charge in [-0.2, -0.15) is 0 Å². The number of hydrogen-bond donors (Lipinski definition) is 2. The van der Waals surface area contributed by atoms with E-state index in [2.05, 4.69) is 41.0 Å². The van der Waals surface area contributed by atoms with Crippen molar-refractivity contribution in [3.05, 3.63) is 58.4 Å². The molecule has 1 aliphatic rings. The Morgan fingerprint density at radius 1 is 1.20 bits per heavy atom. The van der Waals surface area contributed by atoms with Gasteiger partial charge in [-0.05, 0) is 24.3 Å². The van der Waals surface area contributed by atoms with Gasteiger partial charge in [0.1, 0.15) is 5.82 Å². The number of hydrazine groups is 1. The molecule has 20 heavy (non-hydrogen) atoms. The molecule has 0 fully saturated rings. The van der Waals surface area contributed by atoms with Gasteiger partial charge in [-0.15, -0.1) is 0 Å². The van der Waals surface area contributed by atoms with Crippen molar-refractivity contribution in [2.45, 2.75) is 0 Å². The van der Waals surface area contributed by atoms with E-state index >= 15 is 0 Å². The van der Waals surface area contributed by atoms with Crippen molar-refractivity contribution in [3.63, 3.8) is 0 Å². The second kappa shape index (κ2) is 9.06. The molecule has 0 atom stereocenters. The maximum absolute atomic E-state index is 11.7. The van der Waals surface area contributed by atoms with Gasteiger partial charge in [0.2, 0.25) is 5.78 Å². The van der Waals surface area contributed by atoms with Crippen LogP contribution in [0.1, 0.15) is 0 Å². The van der Waals surface area contributed by atoms with Crippen LogP contribution in [0, 0.1) is 0 Å². The van der Waals surface area contributed by atoms with Crippen molar-refractivity contribution in [1.82, 2.24) is 10.4 Å². The van der Waals surface area contributed by atoms with Gasteiger partial charge in [0, 0.05) is 23.0 Å². The fourth-order valence-electron chi connectivity index (χ4n) is 1.31. The molecule has 0 aliphatic heterocycles. The third-order valence-corrected chi connectivity index (χ3v) is 2.63. The normalized spacial score (nSPS) is 15.8. The molecule has 1 heterocycles. The third kappa shape index (κ3) is 5.19. The van der Waals surface area contributed by atoms with Crippen molar-refractivity contribution in [2.24, 2.45) is 0 Å². The molecule has 8 heteroatoms. The topological polar surface area (TPSA) is 54.0 Å². The average molecular weight is 381 g/mol. The number of pyridine rings is 1. The van der Waals surface area contributed by atoms with Crippen molar-refractivity contribution < 1.29 is 19.9 Å². The van der Waals surface area contributed by atoms with E-state index in [4.69, 9.17) is 23.2 Å². The number of rotatable bonds is 3. The number of ketones is 1. The molecule has 1 aromatic rings. The molecule has 110 valence electrons. The number of halogens is 3. The zero-order chi connectivity index (χ0) is 15.0. The first kappa shape index (κ1) is 17.1. The maximum atomic E-state index is 11.7. The summed E-state index contributed by atoms with van der Waals surface area (Å²) in [4.78, 5) is 15.7. The van der Waals surface area contributed by atoms with E-state index in [1.165, 1.54) is 18.4 Å². The van der Waals surface area contributed by atoms with E-state index in [0.717, 1.165) is 0 Å². The number of aromatic nitrogens is 1.